The summed E-state index contributed by atoms with van der Waals surface area (Å²) in [5.74, 6) is 1.91. The molecule has 0 aromatic heterocycles. The van der Waals surface area contributed by atoms with Crippen LogP contribution in [0.2, 0.25) is 0 Å². The van der Waals surface area contributed by atoms with Gasteiger partial charge in [0.2, 0.25) is 0 Å². The molecule has 0 N–H and O–H groups in total. The lowest BCUT2D eigenvalue weighted by Gasteiger charge is -2.40. The van der Waals surface area contributed by atoms with Crippen molar-refractivity contribution < 1.29 is 23.8 Å². The van der Waals surface area contributed by atoms with E-state index in [1.165, 1.54) is 12.8 Å². The molecule has 2 aromatic rings. The Morgan fingerprint density at radius 1 is 1.06 bits per heavy atom. The van der Waals surface area contributed by atoms with Gasteiger partial charge in [0.15, 0.2) is 0 Å². The molecule has 0 amide bonds. The number of hydrogen-bond donors (Lipinski definition) is 0. The first-order valence-electron chi connectivity index (χ1n) is 12.0. The Bertz CT molecular complexity index is 1120. The summed E-state index contributed by atoms with van der Waals surface area (Å²) in [6.45, 7) is 9.12. The smallest absolute Gasteiger partial charge is 0.322 e. The Labute approximate surface area is 195 Å². The Balaban J connectivity index is 1.56. The van der Waals surface area contributed by atoms with E-state index in [0.29, 0.717) is 29.8 Å². The summed E-state index contributed by atoms with van der Waals surface area (Å²) >= 11 is 0. The van der Waals surface area contributed by atoms with Crippen LogP contribution in [-0.2, 0) is 20.7 Å². The number of benzene rings is 2. The minimum absolute atomic E-state index is 0.127. The van der Waals surface area contributed by atoms with Crippen molar-refractivity contribution in [3.05, 3.63) is 53.1 Å². The minimum atomic E-state index is -0.588. The van der Waals surface area contributed by atoms with E-state index < -0.39 is 18.4 Å². The first-order chi connectivity index (χ1) is 15.7. The van der Waals surface area contributed by atoms with Crippen molar-refractivity contribution in [1.82, 2.24) is 0 Å². The molecular weight excluding hydrogens is 416 g/mol. The average molecular weight is 449 g/mol. The Morgan fingerprint density at radius 2 is 1.85 bits per heavy atom. The standard InChI is InChI=1S/C28H32O5/c1-5-31-24(29)16-25(30)33-26-19(21-15-18-12-13-28(21,4)27(18,2)3)10-11-23-20(26)14-17-8-6-7-9-22(17)32-23/h6-11,18,21H,5,12-16H2,1-4H3. The average Bonchev–Trinajstić information content (AvgIpc) is 3.12. The summed E-state index contributed by atoms with van der Waals surface area (Å²) in [5.41, 5.74) is 3.36. The highest BCUT2D eigenvalue weighted by Gasteiger charge is 2.62. The summed E-state index contributed by atoms with van der Waals surface area (Å²) < 4.78 is 17.1. The minimum Gasteiger partial charge on any atom is -0.466 e. The van der Waals surface area contributed by atoms with Crippen LogP contribution in [0.25, 0.3) is 0 Å². The Hall–Kier alpha value is -2.82. The number of hydrogen-bond acceptors (Lipinski definition) is 5. The van der Waals surface area contributed by atoms with Crippen LogP contribution in [0.3, 0.4) is 0 Å². The molecule has 2 bridgehead atoms. The first kappa shape index (κ1) is 22.0. The zero-order valence-corrected chi connectivity index (χ0v) is 19.9. The molecule has 0 saturated heterocycles. The second kappa shape index (κ2) is 7.89. The van der Waals surface area contributed by atoms with Gasteiger partial charge in [0, 0.05) is 12.0 Å². The van der Waals surface area contributed by atoms with E-state index in [0.717, 1.165) is 28.9 Å². The molecule has 1 aliphatic heterocycles. The fourth-order valence-electron chi connectivity index (χ4n) is 6.50. The summed E-state index contributed by atoms with van der Waals surface area (Å²) in [6, 6.07) is 12.0. The predicted octanol–water partition coefficient (Wildman–Crippen LogP) is 6.17. The molecule has 3 atom stereocenters. The number of para-hydroxylation sites is 1. The molecule has 2 aliphatic carbocycles. The van der Waals surface area contributed by atoms with Crippen LogP contribution < -0.4 is 9.47 Å². The van der Waals surface area contributed by atoms with Crippen molar-refractivity contribution in [2.24, 2.45) is 16.7 Å². The zero-order chi connectivity index (χ0) is 23.4. The van der Waals surface area contributed by atoms with Crippen LogP contribution in [0.15, 0.2) is 36.4 Å². The summed E-state index contributed by atoms with van der Waals surface area (Å²) in [4.78, 5) is 24.7. The van der Waals surface area contributed by atoms with E-state index in [1.54, 1.807) is 6.92 Å². The zero-order valence-electron chi connectivity index (χ0n) is 19.9. The number of rotatable bonds is 5. The van der Waals surface area contributed by atoms with Gasteiger partial charge in [0.1, 0.15) is 23.7 Å². The van der Waals surface area contributed by atoms with E-state index >= 15 is 0 Å². The van der Waals surface area contributed by atoms with Gasteiger partial charge in [-0.3, -0.25) is 9.59 Å². The molecule has 33 heavy (non-hydrogen) atoms. The number of esters is 2. The highest BCUT2D eigenvalue weighted by molar-refractivity contribution is 5.92. The largest absolute Gasteiger partial charge is 0.466 e. The number of carbonyl (C=O) groups is 2. The Kier molecular flexibility index (Phi) is 5.26. The van der Waals surface area contributed by atoms with Gasteiger partial charge in [-0.2, -0.15) is 0 Å². The maximum Gasteiger partial charge on any atom is 0.322 e. The highest BCUT2D eigenvalue weighted by Crippen LogP contribution is 2.71. The third kappa shape index (κ3) is 3.44. The molecule has 5 heteroatoms. The van der Waals surface area contributed by atoms with Crippen molar-refractivity contribution in [2.45, 2.75) is 65.7 Å². The van der Waals surface area contributed by atoms with E-state index in [4.69, 9.17) is 14.2 Å². The first-order valence-corrected chi connectivity index (χ1v) is 12.0. The van der Waals surface area contributed by atoms with Crippen molar-refractivity contribution in [2.75, 3.05) is 6.61 Å². The van der Waals surface area contributed by atoms with Gasteiger partial charge in [0.25, 0.3) is 0 Å². The van der Waals surface area contributed by atoms with Gasteiger partial charge >= 0.3 is 11.9 Å². The topological polar surface area (TPSA) is 61.8 Å². The lowest BCUT2D eigenvalue weighted by Crippen LogP contribution is -2.31. The maximum atomic E-state index is 12.8. The maximum absolute atomic E-state index is 12.8. The van der Waals surface area contributed by atoms with Gasteiger partial charge in [-0.05, 0) is 72.1 Å². The number of carbonyl (C=O) groups excluding carboxylic acids is 2. The lowest BCUT2D eigenvalue weighted by atomic mass is 9.64. The lowest BCUT2D eigenvalue weighted by molar-refractivity contribution is -0.149. The van der Waals surface area contributed by atoms with Crippen molar-refractivity contribution in [3.8, 4) is 17.2 Å². The van der Waals surface area contributed by atoms with Crippen LogP contribution in [0, 0.1) is 16.7 Å². The summed E-state index contributed by atoms with van der Waals surface area (Å²) in [6.07, 6.45) is 3.73. The van der Waals surface area contributed by atoms with Gasteiger partial charge in [-0.15, -0.1) is 0 Å². The second-order valence-electron chi connectivity index (χ2n) is 10.5. The fourth-order valence-corrected chi connectivity index (χ4v) is 6.50. The molecule has 3 aliphatic rings. The van der Waals surface area contributed by atoms with E-state index in [9.17, 15) is 9.59 Å². The van der Waals surface area contributed by atoms with Crippen LogP contribution in [0.4, 0.5) is 0 Å². The normalized spacial score (nSPS) is 26.2. The second-order valence-corrected chi connectivity index (χ2v) is 10.5. The SMILES string of the molecule is CCOC(=O)CC(=O)Oc1c(C2CC3CCC2(C)C3(C)C)ccc2c1Cc1ccccc1O2. The van der Waals surface area contributed by atoms with Crippen LogP contribution >= 0.6 is 0 Å². The summed E-state index contributed by atoms with van der Waals surface area (Å²) in [5, 5.41) is 0. The molecule has 3 unspecified atom stereocenters. The van der Waals surface area contributed by atoms with Crippen LogP contribution in [0.1, 0.15) is 76.0 Å². The number of ether oxygens (including phenoxy) is 3. The van der Waals surface area contributed by atoms with Gasteiger partial charge in [-0.25, -0.2) is 0 Å². The molecular formula is C28H32O5. The van der Waals surface area contributed by atoms with Gasteiger partial charge < -0.3 is 14.2 Å². The van der Waals surface area contributed by atoms with Crippen molar-refractivity contribution >= 4 is 11.9 Å². The van der Waals surface area contributed by atoms with Crippen LogP contribution in [0.5, 0.6) is 17.2 Å². The van der Waals surface area contributed by atoms with E-state index in [2.05, 4.69) is 26.8 Å². The van der Waals surface area contributed by atoms with E-state index in [1.807, 2.05) is 30.3 Å². The Morgan fingerprint density at radius 3 is 2.55 bits per heavy atom. The quantitative estimate of drug-likeness (QED) is 0.265. The molecule has 2 saturated carbocycles. The highest BCUT2D eigenvalue weighted by atomic mass is 16.6. The van der Waals surface area contributed by atoms with Crippen LogP contribution in [-0.4, -0.2) is 18.5 Å². The fraction of sp³-hybridized carbons (Fsp3) is 0.500. The molecule has 174 valence electrons. The molecule has 5 nitrogen and oxygen atoms in total. The molecule has 1 heterocycles. The molecule has 5 rings (SSSR count). The van der Waals surface area contributed by atoms with Crippen molar-refractivity contribution in [3.63, 3.8) is 0 Å². The molecule has 2 aromatic carbocycles. The van der Waals surface area contributed by atoms with Crippen molar-refractivity contribution in [1.29, 1.82) is 0 Å². The molecule has 0 radical (unpaired) electrons. The molecule has 0 spiro atoms. The molecule has 2 fully saturated rings. The van der Waals surface area contributed by atoms with Gasteiger partial charge in [-0.1, -0.05) is 45.0 Å². The third-order valence-electron chi connectivity index (χ3n) is 8.79. The van der Waals surface area contributed by atoms with E-state index in [-0.39, 0.29) is 17.4 Å². The van der Waals surface area contributed by atoms with Gasteiger partial charge in [0.05, 0.1) is 6.61 Å². The summed E-state index contributed by atoms with van der Waals surface area (Å²) in [7, 11) is 0. The monoisotopic (exact) mass is 448 g/mol. The number of fused-ring (bicyclic) bond motifs is 4. The predicted molar refractivity (Wildman–Crippen MR) is 125 cm³/mol. The third-order valence-corrected chi connectivity index (χ3v) is 8.79.